The predicted molar refractivity (Wildman–Crippen MR) is 169 cm³/mol. The third kappa shape index (κ3) is 12.5. The van der Waals surface area contributed by atoms with Crippen LogP contribution in [0, 0.1) is 5.92 Å². The molecule has 0 aliphatic heterocycles. The van der Waals surface area contributed by atoms with Crippen molar-refractivity contribution in [1.29, 1.82) is 0 Å². The van der Waals surface area contributed by atoms with Gasteiger partial charge in [0.25, 0.3) is 0 Å². The lowest BCUT2D eigenvalue weighted by molar-refractivity contribution is -0.134. The van der Waals surface area contributed by atoms with Crippen molar-refractivity contribution < 1.29 is 14.3 Å². The van der Waals surface area contributed by atoms with E-state index < -0.39 is 0 Å². The monoisotopic (exact) mass is 558 g/mol. The van der Waals surface area contributed by atoms with Crippen LogP contribution in [0.1, 0.15) is 111 Å². The number of unbranched alkanes of at least 4 members (excludes halogenated alkanes) is 8. The number of hydrogen-bond donors (Lipinski definition) is 0. The van der Waals surface area contributed by atoms with Crippen molar-refractivity contribution in [2.75, 3.05) is 6.61 Å². The fraction of sp³-hybridized carbons (Fsp3) is 0.528. The summed E-state index contributed by atoms with van der Waals surface area (Å²) in [5, 5.41) is 0. The van der Waals surface area contributed by atoms with E-state index in [1.165, 1.54) is 64.2 Å². The van der Waals surface area contributed by atoms with Crippen LogP contribution in [0.5, 0.6) is 11.5 Å². The number of ether oxygens (including phenoxy) is 2. The van der Waals surface area contributed by atoms with E-state index in [1.807, 2.05) is 60.9 Å². The van der Waals surface area contributed by atoms with Gasteiger partial charge in [0, 0.05) is 29.9 Å². The van der Waals surface area contributed by atoms with Gasteiger partial charge in [0.15, 0.2) is 5.82 Å². The summed E-state index contributed by atoms with van der Waals surface area (Å²) in [5.74, 6) is 2.70. The van der Waals surface area contributed by atoms with Gasteiger partial charge in [-0.3, -0.25) is 4.79 Å². The first-order valence-corrected chi connectivity index (χ1v) is 16.0. The normalized spacial score (nSPS) is 11.8. The van der Waals surface area contributed by atoms with E-state index in [4.69, 9.17) is 9.47 Å². The van der Waals surface area contributed by atoms with E-state index in [1.54, 1.807) is 0 Å². The number of rotatable bonds is 20. The zero-order valence-corrected chi connectivity index (χ0v) is 25.6. The minimum atomic E-state index is -0.166. The van der Waals surface area contributed by atoms with Gasteiger partial charge in [-0.05, 0) is 60.7 Å². The molecule has 41 heavy (non-hydrogen) atoms. The Labute approximate surface area is 248 Å². The second-order valence-electron chi connectivity index (χ2n) is 11.3. The summed E-state index contributed by atoms with van der Waals surface area (Å²) in [7, 11) is 0. The van der Waals surface area contributed by atoms with Crippen LogP contribution in [0.3, 0.4) is 0 Å². The second kappa shape index (κ2) is 19.0. The van der Waals surface area contributed by atoms with Gasteiger partial charge in [-0.1, -0.05) is 104 Å². The van der Waals surface area contributed by atoms with Crippen molar-refractivity contribution >= 4 is 5.97 Å². The molecule has 0 spiro atoms. The number of benzene rings is 2. The maximum atomic E-state index is 12.2. The predicted octanol–water partition coefficient (Wildman–Crippen LogP) is 10.2. The van der Waals surface area contributed by atoms with Crippen LogP contribution in [0.25, 0.3) is 22.5 Å². The molecule has 0 aliphatic rings. The van der Waals surface area contributed by atoms with Crippen molar-refractivity contribution in [3.05, 3.63) is 60.9 Å². The summed E-state index contributed by atoms with van der Waals surface area (Å²) in [6.45, 7) is 7.54. The summed E-state index contributed by atoms with van der Waals surface area (Å²) in [6, 6.07) is 15.5. The minimum Gasteiger partial charge on any atom is -0.494 e. The largest absolute Gasteiger partial charge is 0.494 e. The first-order chi connectivity index (χ1) is 20.1. The number of nitrogens with zero attached hydrogens (tertiary/aromatic N) is 2. The van der Waals surface area contributed by atoms with Crippen LogP contribution in [0.2, 0.25) is 0 Å². The van der Waals surface area contributed by atoms with E-state index in [0.29, 0.717) is 18.0 Å². The molecule has 2 aromatic carbocycles. The summed E-state index contributed by atoms with van der Waals surface area (Å²) < 4.78 is 11.4. The number of carbonyl (C=O) groups is 1. The molecule has 0 saturated heterocycles. The summed E-state index contributed by atoms with van der Waals surface area (Å²) >= 11 is 0. The Balaban J connectivity index is 1.39. The highest BCUT2D eigenvalue weighted by molar-refractivity contribution is 5.73. The molecule has 1 atom stereocenters. The van der Waals surface area contributed by atoms with Crippen LogP contribution >= 0.6 is 0 Å². The van der Waals surface area contributed by atoms with Gasteiger partial charge in [0.2, 0.25) is 0 Å². The highest BCUT2D eigenvalue weighted by Gasteiger charge is 2.08. The molecule has 3 rings (SSSR count). The Hall–Kier alpha value is -3.21. The van der Waals surface area contributed by atoms with Gasteiger partial charge in [-0.15, -0.1) is 0 Å². The smallest absolute Gasteiger partial charge is 0.311 e. The maximum absolute atomic E-state index is 12.2. The SMILES string of the molecule is CCCCCCCCCOc1ccc(-c2ncc(-c3ccc(OC(=O)CCCCC(C)CCCC)cc3)cn2)cc1. The fourth-order valence-corrected chi connectivity index (χ4v) is 4.93. The molecule has 0 aliphatic carbocycles. The van der Waals surface area contributed by atoms with Gasteiger partial charge >= 0.3 is 5.97 Å². The molecule has 5 heteroatoms. The van der Waals surface area contributed by atoms with Gasteiger partial charge in [-0.25, -0.2) is 9.97 Å². The van der Waals surface area contributed by atoms with Crippen molar-refractivity contribution in [3.63, 3.8) is 0 Å². The number of aromatic nitrogens is 2. The number of carbonyl (C=O) groups excluding carboxylic acids is 1. The van der Waals surface area contributed by atoms with Crippen LogP contribution in [0.4, 0.5) is 0 Å². The van der Waals surface area contributed by atoms with Gasteiger partial charge in [-0.2, -0.15) is 0 Å². The molecule has 222 valence electrons. The van der Waals surface area contributed by atoms with Gasteiger partial charge in [0.05, 0.1) is 6.61 Å². The topological polar surface area (TPSA) is 61.3 Å². The highest BCUT2D eigenvalue weighted by atomic mass is 16.5. The van der Waals surface area contributed by atoms with E-state index in [-0.39, 0.29) is 5.97 Å². The molecule has 0 fully saturated rings. The number of esters is 1. The van der Waals surface area contributed by atoms with E-state index in [9.17, 15) is 4.79 Å². The lowest BCUT2D eigenvalue weighted by Crippen LogP contribution is -2.07. The standard InChI is InChI=1S/C36H50N2O3/c1-4-6-8-9-10-11-14-26-40-33-22-20-31(21-23-33)36-37-27-32(28-38-36)30-18-24-34(25-19-30)41-35(39)17-13-12-16-29(3)15-7-5-2/h18-25,27-29H,4-17,26H2,1-3H3. The molecule has 0 N–H and O–H groups in total. The average Bonchev–Trinajstić information content (AvgIpc) is 3.00. The minimum absolute atomic E-state index is 0.166. The van der Waals surface area contributed by atoms with Gasteiger partial charge in [0.1, 0.15) is 11.5 Å². The van der Waals surface area contributed by atoms with E-state index >= 15 is 0 Å². The zero-order valence-electron chi connectivity index (χ0n) is 25.6. The Kier molecular flexibility index (Phi) is 15.0. The van der Waals surface area contributed by atoms with Crippen LogP contribution in [-0.4, -0.2) is 22.5 Å². The quantitative estimate of drug-likeness (QED) is 0.0784. The first kappa shape index (κ1) is 32.3. The Morgan fingerprint density at radius 2 is 1.24 bits per heavy atom. The third-order valence-electron chi connectivity index (χ3n) is 7.58. The zero-order chi connectivity index (χ0) is 29.1. The molecule has 1 aromatic heterocycles. The first-order valence-electron chi connectivity index (χ1n) is 16.0. The number of hydrogen-bond acceptors (Lipinski definition) is 5. The van der Waals surface area contributed by atoms with E-state index in [2.05, 4.69) is 30.7 Å². The molecule has 5 nitrogen and oxygen atoms in total. The molecule has 1 unspecified atom stereocenters. The van der Waals surface area contributed by atoms with Crippen LogP contribution in [-0.2, 0) is 4.79 Å². The van der Waals surface area contributed by atoms with Crippen molar-refractivity contribution in [3.8, 4) is 34.0 Å². The summed E-state index contributed by atoms with van der Waals surface area (Å²) in [4.78, 5) is 21.4. The molecule has 0 radical (unpaired) electrons. The Morgan fingerprint density at radius 3 is 1.93 bits per heavy atom. The summed E-state index contributed by atoms with van der Waals surface area (Å²) in [5.41, 5.74) is 2.85. The fourth-order valence-electron chi connectivity index (χ4n) is 4.93. The molecular formula is C36H50N2O3. The molecule has 0 amide bonds. The lowest BCUT2D eigenvalue weighted by atomic mass is 9.97. The maximum Gasteiger partial charge on any atom is 0.311 e. The molecule has 0 saturated carbocycles. The lowest BCUT2D eigenvalue weighted by Gasteiger charge is -2.10. The molecular weight excluding hydrogens is 508 g/mol. The Bertz CT molecular complexity index is 1110. The highest BCUT2D eigenvalue weighted by Crippen LogP contribution is 2.25. The van der Waals surface area contributed by atoms with Crippen molar-refractivity contribution in [2.45, 2.75) is 111 Å². The Morgan fingerprint density at radius 1 is 0.659 bits per heavy atom. The van der Waals surface area contributed by atoms with Crippen LogP contribution < -0.4 is 9.47 Å². The van der Waals surface area contributed by atoms with E-state index in [0.717, 1.165) is 54.2 Å². The second-order valence-corrected chi connectivity index (χ2v) is 11.3. The van der Waals surface area contributed by atoms with Crippen molar-refractivity contribution in [1.82, 2.24) is 9.97 Å². The average molecular weight is 559 g/mol. The van der Waals surface area contributed by atoms with Gasteiger partial charge < -0.3 is 9.47 Å². The summed E-state index contributed by atoms with van der Waals surface area (Å²) in [6.07, 6.45) is 20.0. The molecule has 0 bridgehead atoms. The molecule has 1 heterocycles. The third-order valence-corrected chi connectivity index (χ3v) is 7.58. The van der Waals surface area contributed by atoms with Crippen molar-refractivity contribution in [2.24, 2.45) is 5.92 Å². The van der Waals surface area contributed by atoms with Crippen LogP contribution in [0.15, 0.2) is 60.9 Å². The molecule has 3 aromatic rings.